The molecule has 7 nitrogen and oxygen atoms in total. The molecular weight excluding hydrogens is 384 g/mol. The maximum absolute atomic E-state index is 12.7. The molecule has 30 heavy (non-hydrogen) atoms. The van der Waals surface area contributed by atoms with Gasteiger partial charge in [0.05, 0.1) is 22.3 Å². The van der Waals surface area contributed by atoms with Gasteiger partial charge in [0.15, 0.2) is 0 Å². The van der Waals surface area contributed by atoms with E-state index >= 15 is 0 Å². The first-order chi connectivity index (χ1) is 14.3. The lowest BCUT2D eigenvalue weighted by molar-refractivity contribution is -0.120. The summed E-state index contributed by atoms with van der Waals surface area (Å²) < 4.78 is 0. The molecule has 0 aromatic heterocycles. The van der Waals surface area contributed by atoms with E-state index in [9.17, 15) is 24.0 Å². The van der Waals surface area contributed by atoms with E-state index in [-0.39, 0.29) is 18.6 Å². The Hall–Kier alpha value is -3.61. The number of hydrogen-bond donors (Lipinski definition) is 0. The molecule has 2 heterocycles. The van der Waals surface area contributed by atoms with E-state index in [1.165, 1.54) is 0 Å². The van der Waals surface area contributed by atoms with Crippen LogP contribution in [0.3, 0.4) is 0 Å². The molecule has 2 aliphatic rings. The first-order valence-corrected chi connectivity index (χ1v) is 9.76. The minimum absolute atomic E-state index is 0.0427. The standard InChI is InChI=1S/C23H20N2O5/c1-13(24-20(27)16-7-3-4-8-17(16)21(24)28)11-15(26)12-14(2)25-22(29)18-9-5-6-10-19(18)23(25)30/h3-10,13-14H,11-12H2,1-2H3. The highest BCUT2D eigenvalue weighted by molar-refractivity contribution is 6.22. The van der Waals surface area contributed by atoms with Gasteiger partial charge in [0, 0.05) is 24.9 Å². The molecule has 2 aromatic rings. The van der Waals surface area contributed by atoms with Crippen molar-refractivity contribution >= 4 is 29.4 Å². The summed E-state index contributed by atoms with van der Waals surface area (Å²) in [5.74, 6) is -1.88. The number of ketones is 1. The normalized spacial score (nSPS) is 17.3. The van der Waals surface area contributed by atoms with Gasteiger partial charge in [0.25, 0.3) is 23.6 Å². The average Bonchev–Trinajstić information content (AvgIpc) is 3.13. The molecule has 4 rings (SSSR count). The number of hydrogen-bond acceptors (Lipinski definition) is 5. The molecule has 0 radical (unpaired) electrons. The van der Waals surface area contributed by atoms with Gasteiger partial charge in [-0.15, -0.1) is 0 Å². The van der Waals surface area contributed by atoms with Crippen molar-refractivity contribution in [3.8, 4) is 0 Å². The zero-order valence-corrected chi connectivity index (χ0v) is 16.6. The van der Waals surface area contributed by atoms with Crippen LogP contribution in [0.2, 0.25) is 0 Å². The van der Waals surface area contributed by atoms with Gasteiger partial charge in [-0.3, -0.25) is 33.8 Å². The summed E-state index contributed by atoms with van der Waals surface area (Å²) in [6.07, 6.45) is -0.0854. The topological polar surface area (TPSA) is 91.8 Å². The van der Waals surface area contributed by atoms with Crippen LogP contribution in [-0.2, 0) is 4.79 Å². The highest BCUT2D eigenvalue weighted by Crippen LogP contribution is 2.27. The van der Waals surface area contributed by atoms with Gasteiger partial charge in [0.2, 0.25) is 0 Å². The molecule has 0 saturated carbocycles. The first-order valence-electron chi connectivity index (χ1n) is 9.76. The van der Waals surface area contributed by atoms with Gasteiger partial charge in [-0.1, -0.05) is 24.3 Å². The van der Waals surface area contributed by atoms with Gasteiger partial charge >= 0.3 is 0 Å². The van der Waals surface area contributed by atoms with Crippen molar-refractivity contribution in [2.24, 2.45) is 0 Å². The van der Waals surface area contributed by atoms with Gasteiger partial charge < -0.3 is 0 Å². The van der Waals surface area contributed by atoms with E-state index in [0.29, 0.717) is 22.3 Å². The van der Waals surface area contributed by atoms with Crippen molar-refractivity contribution in [1.29, 1.82) is 0 Å². The summed E-state index contributed by atoms with van der Waals surface area (Å²) in [6, 6.07) is 11.9. The molecule has 0 N–H and O–H groups in total. The smallest absolute Gasteiger partial charge is 0.261 e. The molecule has 2 unspecified atom stereocenters. The largest absolute Gasteiger partial charge is 0.300 e. The molecule has 0 spiro atoms. The highest BCUT2D eigenvalue weighted by atomic mass is 16.2. The predicted octanol–water partition coefficient (Wildman–Crippen LogP) is 2.71. The quantitative estimate of drug-likeness (QED) is 0.691. The van der Waals surface area contributed by atoms with Crippen LogP contribution in [0.4, 0.5) is 0 Å². The van der Waals surface area contributed by atoms with E-state index in [2.05, 4.69) is 0 Å². The maximum Gasteiger partial charge on any atom is 0.261 e. The third-order valence-electron chi connectivity index (χ3n) is 5.58. The fraction of sp³-hybridized carbons (Fsp3) is 0.261. The van der Waals surface area contributed by atoms with E-state index < -0.39 is 35.7 Å². The van der Waals surface area contributed by atoms with Crippen molar-refractivity contribution in [3.63, 3.8) is 0 Å². The zero-order chi connectivity index (χ0) is 21.6. The van der Waals surface area contributed by atoms with Crippen LogP contribution < -0.4 is 0 Å². The lowest BCUT2D eigenvalue weighted by Crippen LogP contribution is -2.42. The number of Topliss-reactive ketones (excluding diaryl/α,β-unsaturated/α-hetero) is 1. The minimum Gasteiger partial charge on any atom is -0.300 e. The predicted molar refractivity (Wildman–Crippen MR) is 107 cm³/mol. The van der Waals surface area contributed by atoms with Gasteiger partial charge in [-0.25, -0.2) is 0 Å². The SMILES string of the molecule is CC(CC(=O)CC(C)N1C(=O)c2ccccc2C1=O)N1C(=O)c2ccccc2C1=O. The Morgan fingerprint density at radius 2 is 0.900 bits per heavy atom. The highest BCUT2D eigenvalue weighted by Gasteiger charge is 2.40. The van der Waals surface area contributed by atoms with E-state index in [1.807, 2.05) is 0 Å². The Kier molecular flexibility index (Phi) is 4.81. The van der Waals surface area contributed by atoms with Crippen molar-refractivity contribution in [2.45, 2.75) is 38.8 Å². The number of fused-ring (bicyclic) bond motifs is 2. The van der Waals surface area contributed by atoms with Crippen molar-refractivity contribution in [2.75, 3.05) is 0 Å². The fourth-order valence-corrected chi connectivity index (χ4v) is 4.14. The number of carbonyl (C=O) groups excluding carboxylic acids is 5. The molecule has 0 bridgehead atoms. The van der Waals surface area contributed by atoms with Crippen LogP contribution in [-0.4, -0.2) is 51.3 Å². The number of benzene rings is 2. The van der Waals surface area contributed by atoms with Crippen molar-refractivity contribution in [3.05, 3.63) is 70.8 Å². The molecule has 2 atom stereocenters. The molecule has 0 aliphatic carbocycles. The molecular formula is C23H20N2O5. The lowest BCUT2D eigenvalue weighted by atomic mass is 10.0. The Morgan fingerprint density at radius 1 is 0.633 bits per heavy atom. The Morgan fingerprint density at radius 3 is 1.17 bits per heavy atom. The summed E-state index contributed by atoms with van der Waals surface area (Å²) in [6.45, 7) is 3.29. The molecule has 4 amide bonds. The Balaban J connectivity index is 1.42. The van der Waals surface area contributed by atoms with Gasteiger partial charge in [0.1, 0.15) is 5.78 Å². The molecule has 0 fully saturated rings. The van der Waals surface area contributed by atoms with E-state index in [0.717, 1.165) is 9.80 Å². The summed E-state index contributed by atoms with van der Waals surface area (Å²) >= 11 is 0. The second-order valence-corrected chi connectivity index (χ2v) is 7.70. The summed E-state index contributed by atoms with van der Waals surface area (Å²) in [4.78, 5) is 65.1. The van der Waals surface area contributed by atoms with Crippen LogP contribution in [0.1, 0.15) is 68.1 Å². The van der Waals surface area contributed by atoms with Crippen LogP contribution in [0, 0.1) is 0 Å². The average molecular weight is 404 g/mol. The summed E-state index contributed by atoms with van der Waals surface area (Å²) in [5, 5.41) is 0. The minimum atomic E-state index is -0.626. The third kappa shape index (κ3) is 3.03. The summed E-state index contributed by atoms with van der Waals surface area (Å²) in [7, 11) is 0. The fourth-order valence-electron chi connectivity index (χ4n) is 4.14. The van der Waals surface area contributed by atoms with Gasteiger partial charge in [-0.05, 0) is 38.1 Å². The molecule has 0 saturated heterocycles. The van der Waals surface area contributed by atoms with Crippen LogP contribution >= 0.6 is 0 Å². The van der Waals surface area contributed by atoms with Crippen LogP contribution in [0.5, 0.6) is 0 Å². The molecule has 152 valence electrons. The zero-order valence-electron chi connectivity index (χ0n) is 16.6. The number of rotatable bonds is 6. The number of nitrogens with zero attached hydrogens (tertiary/aromatic N) is 2. The monoisotopic (exact) mass is 404 g/mol. The number of imide groups is 2. The van der Waals surface area contributed by atoms with Crippen LogP contribution in [0.25, 0.3) is 0 Å². The maximum atomic E-state index is 12.7. The molecule has 2 aromatic carbocycles. The number of carbonyl (C=O) groups is 5. The van der Waals surface area contributed by atoms with E-state index in [1.54, 1.807) is 62.4 Å². The van der Waals surface area contributed by atoms with Crippen molar-refractivity contribution in [1.82, 2.24) is 9.80 Å². The Labute approximate surface area is 173 Å². The van der Waals surface area contributed by atoms with E-state index in [4.69, 9.17) is 0 Å². The van der Waals surface area contributed by atoms with Crippen molar-refractivity contribution < 1.29 is 24.0 Å². The van der Waals surface area contributed by atoms with Crippen LogP contribution in [0.15, 0.2) is 48.5 Å². The number of amides is 4. The first kappa shape index (κ1) is 19.7. The second-order valence-electron chi connectivity index (χ2n) is 7.70. The summed E-state index contributed by atoms with van der Waals surface area (Å²) in [5.41, 5.74) is 1.34. The molecule has 7 heteroatoms. The third-order valence-corrected chi connectivity index (χ3v) is 5.58. The Bertz CT molecular complexity index is 951. The molecule has 2 aliphatic heterocycles. The van der Waals surface area contributed by atoms with Gasteiger partial charge in [-0.2, -0.15) is 0 Å². The second kappa shape index (κ2) is 7.33. The lowest BCUT2D eigenvalue weighted by Gasteiger charge is -2.25.